The van der Waals surface area contributed by atoms with E-state index in [0.29, 0.717) is 6.42 Å². The lowest BCUT2D eigenvalue weighted by atomic mass is 10.2. The van der Waals surface area contributed by atoms with Crippen LogP contribution in [0.1, 0.15) is 17.7 Å². The molecule has 0 saturated carbocycles. The molecule has 0 atom stereocenters. The SMILES string of the molecule is O=CCCCc1cc(Cl)cs1. The molecule has 1 nitrogen and oxygen atoms in total. The van der Waals surface area contributed by atoms with Gasteiger partial charge in [-0.15, -0.1) is 11.3 Å². The highest BCUT2D eigenvalue weighted by molar-refractivity contribution is 7.10. The molecule has 1 aromatic heterocycles. The summed E-state index contributed by atoms with van der Waals surface area (Å²) in [6.07, 6.45) is 3.50. The van der Waals surface area contributed by atoms with Crippen molar-refractivity contribution < 1.29 is 4.79 Å². The first kappa shape index (κ1) is 8.75. The molecule has 0 amide bonds. The molecular weight excluding hydrogens is 180 g/mol. The van der Waals surface area contributed by atoms with Crippen LogP contribution < -0.4 is 0 Å². The van der Waals surface area contributed by atoms with Crippen LogP contribution in [-0.4, -0.2) is 6.29 Å². The minimum atomic E-state index is 0.648. The van der Waals surface area contributed by atoms with Crippen molar-refractivity contribution in [3.05, 3.63) is 21.3 Å². The minimum absolute atomic E-state index is 0.648. The van der Waals surface area contributed by atoms with Crippen LogP contribution >= 0.6 is 22.9 Å². The van der Waals surface area contributed by atoms with Gasteiger partial charge in [-0.05, 0) is 18.9 Å². The number of hydrogen-bond donors (Lipinski definition) is 0. The van der Waals surface area contributed by atoms with Crippen molar-refractivity contribution >= 4 is 29.2 Å². The summed E-state index contributed by atoms with van der Waals surface area (Å²) in [4.78, 5) is 11.2. The monoisotopic (exact) mass is 188 g/mol. The number of thiophene rings is 1. The molecule has 0 aromatic carbocycles. The predicted molar refractivity (Wildman–Crippen MR) is 48.3 cm³/mol. The summed E-state index contributed by atoms with van der Waals surface area (Å²) in [5.41, 5.74) is 0. The third kappa shape index (κ3) is 3.04. The van der Waals surface area contributed by atoms with Gasteiger partial charge in [-0.2, -0.15) is 0 Å². The number of carbonyl (C=O) groups excluding carboxylic acids is 1. The van der Waals surface area contributed by atoms with E-state index in [0.717, 1.165) is 24.2 Å². The molecule has 0 aliphatic carbocycles. The molecule has 0 spiro atoms. The number of rotatable bonds is 4. The average Bonchev–Trinajstić information content (AvgIpc) is 2.37. The third-order valence-electron chi connectivity index (χ3n) is 1.37. The summed E-state index contributed by atoms with van der Waals surface area (Å²) in [7, 11) is 0. The van der Waals surface area contributed by atoms with E-state index in [1.54, 1.807) is 11.3 Å². The Hall–Kier alpha value is -0.340. The molecule has 1 aromatic rings. The minimum Gasteiger partial charge on any atom is -0.303 e. The van der Waals surface area contributed by atoms with Crippen molar-refractivity contribution in [3.63, 3.8) is 0 Å². The Balaban J connectivity index is 2.32. The Kier molecular flexibility index (Phi) is 3.60. The zero-order valence-electron chi connectivity index (χ0n) is 6.05. The van der Waals surface area contributed by atoms with Crippen molar-refractivity contribution in [2.45, 2.75) is 19.3 Å². The molecule has 0 saturated heterocycles. The first-order chi connectivity index (χ1) is 5.33. The van der Waals surface area contributed by atoms with E-state index < -0.39 is 0 Å². The fraction of sp³-hybridized carbons (Fsp3) is 0.375. The Morgan fingerprint density at radius 1 is 1.64 bits per heavy atom. The van der Waals surface area contributed by atoms with E-state index in [1.807, 2.05) is 11.4 Å². The van der Waals surface area contributed by atoms with Gasteiger partial charge in [-0.1, -0.05) is 11.6 Å². The number of hydrogen-bond acceptors (Lipinski definition) is 2. The van der Waals surface area contributed by atoms with Crippen molar-refractivity contribution in [2.24, 2.45) is 0 Å². The van der Waals surface area contributed by atoms with Gasteiger partial charge in [-0.3, -0.25) is 0 Å². The maximum Gasteiger partial charge on any atom is 0.120 e. The number of aryl methyl sites for hydroxylation is 1. The molecule has 0 bridgehead atoms. The quantitative estimate of drug-likeness (QED) is 0.525. The Morgan fingerprint density at radius 3 is 3.00 bits per heavy atom. The second kappa shape index (κ2) is 4.52. The number of unbranched alkanes of at least 4 members (excludes halogenated alkanes) is 1. The summed E-state index contributed by atoms with van der Waals surface area (Å²) in [5.74, 6) is 0. The van der Waals surface area contributed by atoms with Crippen LogP contribution in [0.3, 0.4) is 0 Å². The smallest absolute Gasteiger partial charge is 0.120 e. The topological polar surface area (TPSA) is 17.1 Å². The highest BCUT2D eigenvalue weighted by Gasteiger charge is 1.96. The van der Waals surface area contributed by atoms with Gasteiger partial charge in [0.1, 0.15) is 6.29 Å². The van der Waals surface area contributed by atoms with Gasteiger partial charge < -0.3 is 4.79 Å². The second-order valence-corrected chi connectivity index (χ2v) is 3.72. The van der Waals surface area contributed by atoms with Gasteiger partial charge in [0.25, 0.3) is 0 Å². The van der Waals surface area contributed by atoms with Crippen LogP contribution in [0.25, 0.3) is 0 Å². The van der Waals surface area contributed by atoms with Crippen LogP contribution in [0.5, 0.6) is 0 Å². The summed E-state index contributed by atoms with van der Waals surface area (Å²) in [5, 5.41) is 2.72. The summed E-state index contributed by atoms with van der Waals surface area (Å²) >= 11 is 7.37. The predicted octanol–water partition coefficient (Wildman–Crippen LogP) is 2.92. The molecule has 60 valence electrons. The van der Waals surface area contributed by atoms with Gasteiger partial charge >= 0.3 is 0 Å². The third-order valence-corrected chi connectivity index (χ3v) is 2.71. The summed E-state index contributed by atoms with van der Waals surface area (Å²) in [6, 6.07) is 1.96. The molecule has 0 radical (unpaired) electrons. The molecule has 0 unspecified atom stereocenters. The van der Waals surface area contributed by atoms with E-state index >= 15 is 0 Å². The molecule has 0 aliphatic rings. The van der Waals surface area contributed by atoms with Crippen LogP contribution in [0.15, 0.2) is 11.4 Å². The Labute approximate surface area is 75.0 Å². The maximum atomic E-state index is 9.98. The van der Waals surface area contributed by atoms with Gasteiger partial charge in [0.05, 0.1) is 5.02 Å². The molecular formula is C8H9ClOS. The lowest BCUT2D eigenvalue weighted by Gasteiger charge is -1.90. The number of halogens is 1. The second-order valence-electron chi connectivity index (χ2n) is 2.29. The summed E-state index contributed by atoms with van der Waals surface area (Å²) in [6.45, 7) is 0. The van der Waals surface area contributed by atoms with Gasteiger partial charge in [0.15, 0.2) is 0 Å². The largest absolute Gasteiger partial charge is 0.303 e. The molecule has 11 heavy (non-hydrogen) atoms. The molecule has 1 rings (SSSR count). The number of aldehydes is 1. The zero-order chi connectivity index (χ0) is 8.10. The molecule has 0 fully saturated rings. The van der Waals surface area contributed by atoms with Crippen molar-refractivity contribution in [2.75, 3.05) is 0 Å². The van der Waals surface area contributed by atoms with Crippen molar-refractivity contribution in [1.82, 2.24) is 0 Å². The lowest BCUT2D eigenvalue weighted by molar-refractivity contribution is -0.107. The van der Waals surface area contributed by atoms with E-state index in [1.165, 1.54) is 4.88 Å². The van der Waals surface area contributed by atoms with Crippen LogP contribution in [0.2, 0.25) is 5.02 Å². The van der Waals surface area contributed by atoms with Crippen molar-refractivity contribution in [3.8, 4) is 0 Å². The highest BCUT2D eigenvalue weighted by atomic mass is 35.5. The van der Waals surface area contributed by atoms with Crippen LogP contribution in [0, 0.1) is 0 Å². The van der Waals surface area contributed by atoms with E-state index in [4.69, 9.17) is 11.6 Å². The Morgan fingerprint density at radius 2 is 2.45 bits per heavy atom. The van der Waals surface area contributed by atoms with Gasteiger partial charge in [-0.25, -0.2) is 0 Å². The molecule has 0 N–H and O–H groups in total. The lowest BCUT2D eigenvalue weighted by Crippen LogP contribution is -1.80. The van der Waals surface area contributed by atoms with Crippen LogP contribution in [0.4, 0.5) is 0 Å². The van der Waals surface area contributed by atoms with Crippen molar-refractivity contribution in [1.29, 1.82) is 0 Å². The average molecular weight is 189 g/mol. The normalized spacial score (nSPS) is 9.91. The zero-order valence-corrected chi connectivity index (χ0v) is 7.62. The molecule has 3 heteroatoms. The highest BCUT2D eigenvalue weighted by Crippen LogP contribution is 2.20. The first-order valence-electron chi connectivity index (χ1n) is 3.49. The van der Waals surface area contributed by atoms with E-state index in [-0.39, 0.29) is 0 Å². The van der Waals surface area contributed by atoms with Gasteiger partial charge in [0, 0.05) is 16.7 Å². The molecule has 0 aliphatic heterocycles. The van der Waals surface area contributed by atoms with E-state index in [9.17, 15) is 4.79 Å². The fourth-order valence-electron chi connectivity index (χ4n) is 0.845. The maximum absolute atomic E-state index is 9.98. The Bertz CT molecular complexity index is 232. The van der Waals surface area contributed by atoms with Gasteiger partial charge in [0.2, 0.25) is 0 Å². The fourth-order valence-corrected chi connectivity index (χ4v) is 1.96. The van der Waals surface area contributed by atoms with Crippen LogP contribution in [-0.2, 0) is 11.2 Å². The summed E-state index contributed by atoms with van der Waals surface area (Å²) < 4.78 is 0. The first-order valence-corrected chi connectivity index (χ1v) is 4.75. The number of carbonyl (C=O) groups is 1. The standard InChI is InChI=1S/C8H9ClOS/c9-7-5-8(11-6-7)3-1-2-4-10/h4-6H,1-3H2. The van der Waals surface area contributed by atoms with E-state index in [2.05, 4.69) is 0 Å². The molecule has 1 heterocycles.